The zero-order valence-electron chi connectivity index (χ0n) is 15.2. The summed E-state index contributed by atoms with van der Waals surface area (Å²) in [4.78, 5) is 10.6. The number of benzene rings is 2. The summed E-state index contributed by atoms with van der Waals surface area (Å²) < 4.78 is 0. The van der Waals surface area contributed by atoms with Gasteiger partial charge in [0.1, 0.15) is 5.82 Å². The number of para-hydroxylation sites is 2. The van der Waals surface area contributed by atoms with Gasteiger partial charge in [0, 0.05) is 18.6 Å². The number of H-pyrrole nitrogens is 1. The van der Waals surface area contributed by atoms with Crippen molar-refractivity contribution in [2.45, 2.75) is 32.2 Å². The molecule has 0 saturated carbocycles. The Bertz CT molecular complexity index is 812. The van der Waals surface area contributed by atoms with Crippen molar-refractivity contribution in [2.75, 3.05) is 19.7 Å². The summed E-state index contributed by atoms with van der Waals surface area (Å²) in [6, 6.07) is 18.8. The Hall–Kier alpha value is -2.17. The van der Waals surface area contributed by atoms with Crippen LogP contribution >= 0.6 is 0 Å². The smallest absolute Gasteiger partial charge is 0.121 e. The molecule has 1 atom stereocenters. The number of rotatable bonds is 6. The van der Waals surface area contributed by atoms with Crippen molar-refractivity contribution >= 4 is 11.0 Å². The molecule has 1 aromatic heterocycles. The number of nitrogens with zero attached hydrogens (tertiary/aromatic N) is 2. The van der Waals surface area contributed by atoms with Crippen LogP contribution in [0.3, 0.4) is 0 Å². The second-order valence-electron chi connectivity index (χ2n) is 7.66. The molecule has 3 aromatic rings. The summed E-state index contributed by atoms with van der Waals surface area (Å²) in [7, 11) is 0. The molecule has 4 rings (SSSR count). The summed E-state index contributed by atoms with van der Waals surface area (Å²) >= 11 is 0. The van der Waals surface area contributed by atoms with Crippen LogP contribution in [-0.4, -0.2) is 39.7 Å². The van der Waals surface area contributed by atoms with E-state index in [0.717, 1.165) is 62.2 Å². The number of aromatic nitrogens is 2. The summed E-state index contributed by atoms with van der Waals surface area (Å²) in [5.74, 6) is 1.02. The Kier molecular flexibility index (Phi) is 5.05. The monoisotopic (exact) mass is 349 g/mol. The van der Waals surface area contributed by atoms with Gasteiger partial charge >= 0.3 is 0 Å². The van der Waals surface area contributed by atoms with E-state index >= 15 is 0 Å². The first kappa shape index (κ1) is 17.3. The van der Waals surface area contributed by atoms with Crippen molar-refractivity contribution in [3.05, 3.63) is 66.0 Å². The van der Waals surface area contributed by atoms with Gasteiger partial charge in [-0.3, -0.25) is 4.90 Å². The molecule has 2 N–H and O–H groups in total. The summed E-state index contributed by atoms with van der Waals surface area (Å²) in [5.41, 5.74) is 3.48. The van der Waals surface area contributed by atoms with E-state index in [1.807, 2.05) is 18.2 Å². The van der Waals surface area contributed by atoms with Crippen molar-refractivity contribution in [3.8, 4) is 0 Å². The third-order valence-corrected chi connectivity index (χ3v) is 5.67. The average molecular weight is 349 g/mol. The van der Waals surface area contributed by atoms with Gasteiger partial charge in [-0.1, -0.05) is 42.5 Å². The first-order chi connectivity index (χ1) is 12.8. The van der Waals surface area contributed by atoms with Crippen LogP contribution in [-0.2, 0) is 13.0 Å². The number of aromatic amines is 1. The minimum absolute atomic E-state index is 0.000106. The maximum Gasteiger partial charge on any atom is 0.121 e. The van der Waals surface area contributed by atoms with Gasteiger partial charge in [0.15, 0.2) is 0 Å². The minimum atomic E-state index is 0.000106. The van der Waals surface area contributed by atoms with Crippen LogP contribution in [0.4, 0.5) is 0 Å². The SMILES string of the molecule is OC[C@]1(CCc2ccccc2)CCCN(Cc2nc3ccccc3[nH]2)C1. The highest BCUT2D eigenvalue weighted by atomic mass is 16.3. The molecule has 26 heavy (non-hydrogen) atoms. The second kappa shape index (κ2) is 7.60. The molecule has 0 unspecified atom stereocenters. The molecule has 2 aromatic carbocycles. The first-order valence-corrected chi connectivity index (χ1v) is 9.57. The van der Waals surface area contributed by atoms with E-state index in [-0.39, 0.29) is 12.0 Å². The van der Waals surface area contributed by atoms with E-state index in [4.69, 9.17) is 4.98 Å². The molecule has 136 valence electrons. The fourth-order valence-electron chi connectivity index (χ4n) is 4.20. The highest BCUT2D eigenvalue weighted by Gasteiger charge is 2.34. The maximum atomic E-state index is 10.2. The van der Waals surface area contributed by atoms with Crippen molar-refractivity contribution in [3.63, 3.8) is 0 Å². The van der Waals surface area contributed by atoms with Crippen LogP contribution in [0.15, 0.2) is 54.6 Å². The number of aliphatic hydroxyl groups is 1. The molecule has 0 radical (unpaired) electrons. The molecular formula is C22H27N3O. The number of imidazole rings is 1. The van der Waals surface area contributed by atoms with E-state index < -0.39 is 0 Å². The molecular weight excluding hydrogens is 322 g/mol. The zero-order chi connectivity index (χ0) is 17.8. The maximum absolute atomic E-state index is 10.2. The lowest BCUT2D eigenvalue weighted by Gasteiger charge is -2.41. The number of aryl methyl sites for hydroxylation is 1. The molecule has 1 fully saturated rings. The standard InChI is InChI=1S/C22H27N3O/c26-17-22(13-11-18-7-2-1-3-8-18)12-6-14-25(16-22)15-21-23-19-9-4-5-10-20(19)24-21/h1-5,7-10,26H,6,11-17H2,(H,23,24)/t22-/m0/s1. The van der Waals surface area contributed by atoms with Gasteiger partial charge in [-0.15, -0.1) is 0 Å². The number of nitrogens with one attached hydrogen (secondary N) is 1. The van der Waals surface area contributed by atoms with E-state index in [1.54, 1.807) is 0 Å². The largest absolute Gasteiger partial charge is 0.396 e. The number of likely N-dealkylation sites (tertiary alicyclic amines) is 1. The van der Waals surface area contributed by atoms with Gasteiger partial charge in [-0.2, -0.15) is 0 Å². The highest BCUT2D eigenvalue weighted by molar-refractivity contribution is 5.74. The number of hydrogen-bond acceptors (Lipinski definition) is 3. The molecule has 0 spiro atoms. The molecule has 1 aliphatic heterocycles. The molecule has 0 bridgehead atoms. The summed E-state index contributed by atoms with van der Waals surface area (Å²) in [6.07, 6.45) is 4.30. The summed E-state index contributed by atoms with van der Waals surface area (Å²) in [6.45, 7) is 3.09. The molecule has 1 aliphatic rings. The quantitative estimate of drug-likeness (QED) is 0.712. The second-order valence-corrected chi connectivity index (χ2v) is 7.66. The third kappa shape index (κ3) is 3.81. The Morgan fingerprint density at radius 1 is 1.08 bits per heavy atom. The fourth-order valence-corrected chi connectivity index (χ4v) is 4.20. The van der Waals surface area contributed by atoms with Crippen molar-refractivity contribution in [2.24, 2.45) is 5.41 Å². The molecule has 1 saturated heterocycles. The van der Waals surface area contributed by atoms with Gasteiger partial charge in [0.25, 0.3) is 0 Å². The van der Waals surface area contributed by atoms with Crippen molar-refractivity contribution < 1.29 is 5.11 Å². The number of aliphatic hydroxyl groups excluding tert-OH is 1. The van der Waals surface area contributed by atoms with Crippen molar-refractivity contribution in [1.29, 1.82) is 0 Å². The lowest BCUT2D eigenvalue weighted by Crippen LogP contribution is -2.45. The molecule has 2 heterocycles. The minimum Gasteiger partial charge on any atom is -0.396 e. The molecule has 4 nitrogen and oxygen atoms in total. The van der Waals surface area contributed by atoms with E-state index in [1.165, 1.54) is 5.56 Å². The van der Waals surface area contributed by atoms with E-state index in [2.05, 4.69) is 46.3 Å². The zero-order valence-corrected chi connectivity index (χ0v) is 15.2. The Balaban J connectivity index is 1.43. The number of fused-ring (bicyclic) bond motifs is 1. The van der Waals surface area contributed by atoms with Crippen LogP contribution < -0.4 is 0 Å². The predicted molar refractivity (Wildman–Crippen MR) is 105 cm³/mol. The third-order valence-electron chi connectivity index (χ3n) is 5.67. The van der Waals surface area contributed by atoms with Crippen LogP contribution in [0, 0.1) is 5.41 Å². The Labute approximate surface area is 154 Å². The highest BCUT2D eigenvalue weighted by Crippen LogP contribution is 2.35. The predicted octanol–water partition coefficient (Wildman–Crippen LogP) is 3.77. The fraction of sp³-hybridized carbons (Fsp3) is 0.409. The van der Waals surface area contributed by atoms with Crippen LogP contribution in [0.25, 0.3) is 11.0 Å². The van der Waals surface area contributed by atoms with Gasteiger partial charge < -0.3 is 10.1 Å². The Morgan fingerprint density at radius 2 is 1.88 bits per heavy atom. The average Bonchev–Trinajstić information content (AvgIpc) is 3.10. The molecule has 4 heteroatoms. The molecule has 0 aliphatic carbocycles. The van der Waals surface area contributed by atoms with Gasteiger partial charge in [-0.05, 0) is 49.9 Å². The van der Waals surface area contributed by atoms with Gasteiger partial charge in [0.2, 0.25) is 0 Å². The van der Waals surface area contributed by atoms with Crippen LogP contribution in [0.2, 0.25) is 0 Å². The molecule has 0 amide bonds. The van der Waals surface area contributed by atoms with Crippen molar-refractivity contribution in [1.82, 2.24) is 14.9 Å². The lowest BCUT2D eigenvalue weighted by molar-refractivity contribution is 0.0215. The summed E-state index contributed by atoms with van der Waals surface area (Å²) in [5, 5.41) is 10.2. The van der Waals surface area contributed by atoms with E-state index in [0.29, 0.717) is 0 Å². The van der Waals surface area contributed by atoms with Crippen LogP contribution in [0.1, 0.15) is 30.7 Å². The number of hydrogen-bond donors (Lipinski definition) is 2. The Morgan fingerprint density at radius 3 is 2.69 bits per heavy atom. The van der Waals surface area contributed by atoms with Gasteiger partial charge in [0.05, 0.1) is 17.6 Å². The van der Waals surface area contributed by atoms with Crippen LogP contribution in [0.5, 0.6) is 0 Å². The van der Waals surface area contributed by atoms with Gasteiger partial charge in [-0.25, -0.2) is 4.98 Å². The lowest BCUT2D eigenvalue weighted by atomic mass is 9.76. The first-order valence-electron chi connectivity index (χ1n) is 9.57. The van der Waals surface area contributed by atoms with E-state index in [9.17, 15) is 5.11 Å². The topological polar surface area (TPSA) is 52.1 Å². The normalized spacial score (nSPS) is 21.3. The number of piperidine rings is 1.